The van der Waals surface area contributed by atoms with Crippen LogP contribution in [0.15, 0.2) is 95.2 Å². The van der Waals surface area contributed by atoms with E-state index in [1.807, 2.05) is 0 Å². The third-order valence-electron chi connectivity index (χ3n) is 6.41. The summed E-state index contributed by atoms with van der Waals surface area (Å²) < 4.78 is 1.02. The highest BCUT2D eigenvalue weighted by Crippen LogP contribution is 2.46. The zero-order valence-corrected chi connectivity index (χ0v) is 20.5. The Morgan fingerprint density at radius 1 is 1.03 bits per heavy atom. The van der Waals surface area contributed by atoms with Gasteiger partial charge in [-0.1, -0.05) is 98.7 Å². The lowest BCUT2D eigenvalue weighted by atomic mass is 9.76. The van der Waals surface area contributed by atoms with E-state index >= 15 is 0 Å². The minimum atomic E-state index is -0.122. The molecule has 0 aliphatic carbocycles. The van der Waals surface area contributed by atoms with Crippen molar-refractivity contribution in [3.05, 3.63) is 112 Å². The number of benzene rings is 2. The number of hydrogen-bond donors (Lipinski definition) is 0. The largest absolute Gasteiger partial charge is 0.347 e. The first-order valence-electron chi connectivity index (χ1n) is 10.4. The molecule has 156 valence electrons. The van der Waals surface area contributed by atoms with E-state index in [2.05, 4.69) is 142 Å². The Morgan fingerprint density at radius 2 is 1.67 bits per heavy atom. The summed E-state index contributed by atoms with van der Waals surface area (Å²) in [6.45, 7) is 15.5. The highest BCUT2D eigenvalue weighted by molar-refractivity contribution is 9.11. The lowest BCUT2D eigenvalue weighted by molar-refractivity contribution is 0.637. The van der Waals surface area contributed by atoms with E-state index < -0.39 is 0 Å². The van der Waals surface area contributed by atoms with Gasteiger partial charge in [-0.05, 0) is 53.5 Å². The van der Waals surface area contributed by atoms with Crippen molar-refractivity contribution in [2.24, 2.45) is 0 Å². The van der Waals surface area contributed by atoms with E-state index in [1.165, 1.54) is 28.1 Å². The molecular formula is C28H32BrN. The molecule has 1 heterocycles. The molecule has 0 aromatic heterocycles. The summed E-state index contributed by atoms with van der Waals surface area (Å²) in [6.07, 6.45) is 8.55. The van der Waals surface area contributed by atoms with Gasteiger partial charge < -0.3 is 4.90 Å². The van der Waals surface area contributed by atoms with Gasteiger partial charge in [-0.3, -0.25) is 0 Å². The summed E-state index contributed by atoms with van der Waals surface area (Å²) in [7, 11) is 2.14. The number of hydrogen-bond acceptors (Lipinski definition) is 1. The molecule has 30 heavy (non-hydrogen) atoms. The molecule has 0 radical (unpaired) electrons. The van der Waals surface area contributed by atoms with Crippen molar-refractivity contribution in [1.82, 2.24) is 0 Å². The number of para-hydroxylation sites is 1. The zero-order chi connectivity index (χ0) is 22.1. The summed E-state index contributed by atoms with van der Waals surface area (Å²) in [4.78, 5) is 2.29. The second-order valence-electron chi connectivity index (χ2n) is 9.10. The Hall–Kier alpha value is -2.32. The lowest BCUT2D eigenvalue weighted by Crippen LogP contribution is -2.22. The van der Waals surface area contributed by atoms with Crippen LogP contribution in [0.2, 0.25) is 0 Å². The molecule has 0 saturated carbocycles. The van der Waals surface area contributed by atoms with Crippen molar-refractivity contribution in [3.63, 3.8) is 0 Å². The molecule has 0 unspecified atom stereocenters. The van der Waals surface area contributed by atoms with E-state index in [-0.39, 0.29) is 10.8 Å². The number of fused-ring (bicyclic) bond motifs is 1. The molecule has 2 aromatic carbocycles. The number of anilines is 1. The number of halogens is 1. The first-order chi connectivity index (χ1) is 14.1. The van der Waals surface area contributed by atoms with E-state index in [9.17, 15) is 0 Å². The van der Waals surface area contributed by atoms with E-state index in [1.54, 1.807) is 0 Å². The van der Waals surface area contributed by atoms with Crippen molar-refractivity contribution in [3.8, 4) is 0 Å². The Kier molecular flexibility index (Phi) is 6.29. The predicted octanol–water partition coefficient (Wildman–Crippen LogP) is 7.98. The van der Waals surface area contributed by atoms with Gasteiger partial charge in [0.1, 0.15) is 0 Å². The molecule has 2 heteroatoms. The fraction of sp³-hybridized carbons (Fsp3) is 0.286. The maximum absolute atomic E-state index is 4.36. The fourth-order valence-electron chi connectivity index (χ4n) is 4.35. The first-order valence-corrected chi connectivity index (χ1v) is 11.2. The van der Waals surface area contributed by atoms with Gasteiger partial charge in [0.05, 0.1) is 0 Å². The summed E-state index contributed by atoms with van der Waals surface area (Å²) in [5.74, 6) is 0. The smallest absolute Gasteiger partial charge is 0.0447 e. The molecule has 1 nitrogen and oxygen atoms in total. The van der Waals surface area contributed by atoms with Crippen molar-refractivity contribution >= 4 is 21.6 Å². The van der Waals surface area contributed by atoms with Crippen LogP contribution in [0.4, 0.5) is 5.69 Å². The summed E-state index contributed by atoms with van der Waals surface area (Å²) in [5, 5.41) is 0. The lowest BCUT2D eigenvalue weighted by Gasteiger charge is -2.28. The van der Waals surface area contributed by atoms with E-state index in [0.29, 0.717) is 0 Å². The second kappa shape index (κ2) is 8.43. The number of allylic oxidation sites excluding steroid dienone is 7. The van der Waals surface area contributed by atoms with Crippen LogP contribution in [0.1, 0.15) is 44.4 Å². The number of likely N-dealkylation sites (N-methyl/N-ethyl adjacent to an activating group) is 1. The quantitative estimate of drug-likeness (QED) is 0.407. The van der Waals surface area contributed by atoms with Crippen LogP contribution in [0, 0.1) is 6.92 Å². The van der Waals surface area contributed by atoms with Gasteiger partial charge in [0, 0.05) is 33.7 Å². The van der Waals surface area contributed by atoms with Crippen LogP contribution in [-0.4, -0.2) is 7.05 Å². The Labute approximate surface area is 190 Å². The normalized spacial score (nSPS) is 17.6. The Bertz CT molecular complexity index is 1050. The predicted molar refractivity (Wildman–Crippen MR) is 135 cm³/mol. The molecule has 0 saturated heterocycles. The topological polar surface area (TPSA) is 3.24 Å². The van der Waals surface area contributed by atoms with Crippen molar-refractivity contribution in [2.75, 3.05) is 11.9 Å². The molecule has 0 bridgehead atoms. The number of nitrogens with zero attached hydrogens (tertiary/aromatic N) is 1. The van der Waals surface area contributed by atoms with Crippen LogP contribution in [0.25, 0.3) is 0 Å². The van der Waals surface area contributed by atoms with Gasteiger partial charge in [-0.2, -0.15) is 0 Å². The average Bonchev–Trinajstić information content (AvgIpc) is 2.90. The molecule has 0 spiro atoms. The minimum Gasteiger partial charge on any atom is -0.347 e. The molecule has 1 aliphatic rings. The monoisotopic (exact) mass is 461 g/mol. The number of rotatable bonds is 5. The van der Waals surface area contributed by atoms with Crippen LogP contribution in [0.5, 0.6) is 0 Å². The summed E-state index contributed by atoms with van der Waals surface area (Å²) in [5.41, 5.74) is 7.48. The molecule has 0 amide bonds. The molecule has 1 aliphatic heterocycles. The van der Waals surface area contributed by atoms with Gasteiger partial charge in [-0.25, -0.2) is 0 Å². The van der Waals surface area contributed by atoms with Gasteiger partial charge >= 0.3 is 0 Å². The number of aryl methyl sites for hydroxylation is 1. The summed E-state index contributed by atoms with van der Waals surface area (Å²) in [6, 6.07) is 17.2. The zero-order valence-electron chi connectivity index (χ0n) is 19.0. The van der Waals surface area contributed by atoms with Crippen LogP contribution in [0.3, 0.4) is 0 Å². The molecular weight excluding hydrogens is 430 g/mol. The first kappa shape index (κ1) is 22.4. The van der Waals surface area contributed by atoms with Crippen molar-refractivity contribution in [2.45, 2.75) is 45.4 Å². The van der Waals surface area contributed by atoms with Crippen LogP contribution >= 0.6 is 15.9 Å². The Balaban J connectivity index is 1.81. The third-order valence-corrected chi connectivity index (χ3v) is 6.93. The van der Waals surface area contributed by atoms with Crippen molar-refractivity contribution in [1.29, 1.82) is 0 Å². The molecule has 3 rings (SSSR count). The van der Waals surface area contributed by atoms with Gasteiger partial charge in [0.15, 0.2) is 0 Å². The fourth-order valence-corrected chi connectivity index (χ4v) is 4.62. The SMILES string of the molecule is C=C(/C=C/C(Br)=C/C=C1/N(C)c2ccccc2C1(C)C)C(C)(C)c1ccccc1C. The standard InChI is InChI=1S/C28H32BrN/c1-20-12-8-9-13-23(20)27(3,4)21(2)16-17-22(29)18-19-26-28(5,6)24-14-10-11-15-25(24)30(26)7/h8-19H,2H2,1,3-7H3/b17-16+,22-18-,26-19+. The molecule has 2 aromatic rings. The van der Waals surface area contributed by atoms with Gasteiger partial charge in [0.25, 0.3) is 0 Å². The second-order valence-corrected chi connectivity index (χ2v) is 10.0. The molecule has 0 atom stereocenters. The molecule has 0 fully saturated rings. The van der Waals surface area contributed by atoms with Gasteiger partial charge in [-0.15, -0.1) is 0 Å². The highest BCUT2D eigenvalue weighted by atomic mass is 79.9. The average molecular weight is 462 g/mol. The maximum Gasteiger partial charge on any atom is 0.0447 e. The van der Waals surface area contributed by atoms with E-state index in [4.69, 9.17) is 0 Å². The van der Waals surface area contributed by atoms with Crippen LogP contribution in [-0.2, 0) is 10.8 Å². The van der Waals surface area contributed by atoms with Crippen molar-refractivity contribution < 1.29 is 0 Å². The summed E-state index contributed by atoms with van der Waals surface area (Å²) >= 11 is 3.71. The van der Waals surface area contributed by atoms with Crippen LogP contribution < -0.4 is 4.90 Å². The highest BCUT2D eigenvalue weighted by Gasteiger charge is 2.37. The minimum absolute atomic E-state index is 0.0186. The maximum atomic E-state index is 4.36. The molecule has 0 N–H and O–H groups in total. The van der Waals surface area contributed by atoms with E-state index in [0.717, 1.165) is 10.1 Å². The van der Waals surface area contributed by atoms with Gasteiger partial charge in [0.2, 0.25) is 0 Å². The third kappa shape index (κ3) is 4.11. The Morgan fingerprint density at radius 3 is 2.33 bits per heavy atom.